The lowest BCUT2D eigenvalue weighted by atomic mass is 10.1. The summed E-state index contributed by atoms with van der Waals surface area (Å²) in [4.78, 5) is 2.55. The molecule has 114 valence electrons. The van der Waals surface area contributed by atoms with Gasteiger partial charge in [-0.3, -0.25) is 4.72 Å². The van der Waals surface area contributed by atoms with Gasteiger partial charge in [0, 0.05) is 24.9 Å². The van der Waals surface area contributed by atoms with Crippen molar-refractivity contribution in [2.45, 2.75) is 57.1 Å². The highest BCUT2D eigenvalue weighted by Gasteiger charge is 2.25. The van der Waals surface area contributed by atoms with Crippen molar-refractivity contribution in [3.05, 3.63) is 0 Å². The molecule has 0 bridgehead atoms. The molecule has 1 fully saturated rings. The van der Waals surface area contributed by atoms with E-state index in [1.807, 2.05) is 19.0 Å². The Balaban J connectivity index is 1.71. The van der Waals surface area contributed by atoms with E-state index >= 15 is 0 Å². The van der Waals surface area contributed by atoms with Crippen LogP contribution in [0.3, 0.4) is 0 Å². The van der Waals surface area contributed by atoms with Crippen molar-refractivity contribution in [1.29, 1.82) is 0 Å². The molecule has 1 rings (SSSR count). The quantitative estimate of drug-likeness (QED) is 0.402. The third-order valence-electron chi connectivity index (χ3n) is 3.67. The van der Waals surface area contributed by atoms with Gasteiger partial charge in [-0.2, -0.15) is 0 Å². The normalized spacial score (nSPS) is 16.7. The molecule has 1 aliphatic heterocycles. The summed E-state index contributed by atoms with van der Waals surface area (Å²) < 4.78 is 3.54. The number of nitrogens with zero attached hydrogens (tertiary/aromatic N) is 1. The summed E-state index contributed by atoms with van der Waals surface area (Å²) in [6, 6.07) is 0. The zero-order valence-corrected chi connectivity index (χ0v) is 13.7. The standard InChI is InChI=1S/C15H33N3S/c1-3-12-18-13-15(14-18)19-17-11-9-7-5-4-6-8-10-16-2/h15-17H,3-14H2,1-2H3. The van der Waals surface area contributed by atoms with Gasteiger partial charge in [0.05, 0.1) is 0 Å². The number of hydrogen-bond donors (Lipinski definition) is 2. The first-order chi connectivity index (χ1) is 9.36. The Morgan fingerprint density at radius 2 is 1.63 bits per heavy atom. The van der Waals surface area contributed by atoms with Crippen LogP contribution in [0.5, 0.6) is 0 Å². The first kappa shape index (κ1) is 17.3. The molecule has 0 spiro atoms. The minimum atomic E-state index is 0.841. The summed E-state index contributed by atoms with van der Waals surface area (Å²) in [6.45, 7) is 8.48. The van der Waals surface area contributed by atoms with Gasteiger partial charge < -0.3 is 10.2 Å². The van der Waals surface area contributed by atoms with Gasteiger partial charge in [-0.15, -0.1) is 0 Å². The molecule has 19 heavy (non-hydrogen) atoms. The first-order valence-corrected chi connectivity index (χ1v) is 9.00. The van der Waals surface area contributed by atoms with Gasteiger partial charge in [0.25, 0.3) is 0 Å². The zero-order valence-electron chi connectivity index (χ0n) is 12.9. The molecule has 0 radical (unpaired) electrons. The summed E-state index contributed by atoms with van der Waals surface area (Å²) in [5, 5.41) is 4.04. The molecule has 0 atom stereocenters. The van der Waals surface area contributed by atoms with E-state index in [1.165, 1.54) is 77.7 Å². The lowest BCUT2D eigenvalue weighted by Gasteiger charge is -2.38. The first-order valence-electron chi connectivity index (χ1n) is 8.12. The lowest BCUT2D eigenvalue weighted by Crippen LogP contribution is -2.50. The average Bonchev–Trinajstić information content (AvgIpc) is 2.37. The molecule has 1 saturated heterocycles. The maximum absolute atomic E-state index is 3.54. The Bertz CT molecular complexity index is 196. The highest BCUT2D eigenvalue weighted by molar-refractivity contribution is 7.98. The Hall–Kier alpha value is 0.230. The largest absolute Gasteiger partial charge is 0.320 e. The van der Waals surface area contributed by atoms with Gasteiger partial charge in [0.1, 0.15) is 0 Å². The van der Waals surface area contributed by atoms with Gasteiger partial charge in [0.2, 0.25) is 0 Å². The maximum atomic E-state index is 3.54. The van der Waals surface area contributed by atoms with E-state index < -0.39 is 0 Å². The monoisotopic (exact) mass is 287 g/mol. The van der Waals surface area contributed by atoms with E-state index in [0.29, 0.717) is 0 Å². The van der Waals surface area contributed by atoms with E-state index in [0.717, 1.165) is 5.25 Å². The van der Waals surface area contributed by atoms with E-state index in [2.05, 4.69) is 21.9 Å². The van der Waals surface area contributed by atoms with E-state index in [1.54, 1.807) is 0 Å². The Kier molecular flexibility index (Phi) is 10.9. The Morgan fingerprint density at radius 1 is 1.00 bits per heavy atom. The molecular formula is C15H33N3S. The third-order valence-corrected chi connectivity index (χ3v) is 4.67. The van der Waals surface area contributed by atoms with Crippen LogP contribution in [0.1, 0.15) is 51.9 Å². The fourth-order valence-electron chi connectivity index (χ4n) is 2.48. The van der Waals surface area contributed by atoms with E-state index in [4.69, 9.17) is 0 Å². The lowest BCUT2D eigenvalue weighted by molar-refractivity contribution is 0.191. The molecule has 4 heteroatoms. The molecule has 0 amide bonds. The molecule has 1 heterocycles. The highest BCUT2D eigenvalue weighted by Crippen LogP contribution is 2.19. The van der Waals surface area contributed by atoms with Crippen LogP contribution in [0.25, 0.3) is 0 Å². The summed E-state index contributed by atoms with van der Waals surface area (Å²) in [6.07, 6.45) is 9.55. The molecule has 0 aromatic heterocycles. The Labute approximate surface area is 124 Å². The van der Waals surface area contributed by atoms with Crippen molar-refractivity contribution < 1.29 is 0 Å². The van der Waals surface area contributed by atoms with Crippen LogP contribution in [-0.2, 0) is 0 Å². The van der Waals surface area contributed by atoms with Crippen molar-refractivity contribution in [2.24, 2.45) is 0 Å². The summed E-state index contributed by atoms with van der Waals surface area (Å²) in [5.74, 6) is 0. The topological polar surface area (TPSA) is 27.3 Å². The minimum absolute atomic E-state index is 0.841. The summed E-state index contributed by atoms with van der Waals surface area (Å²) in [7, 11) is 2.03. The van der Waals surface area contributed by atoms with Crippen LogP contribution in [0.2, 0.25) is 0 Å². The molecule has 3 nitrogen and oxygen atoms in total. The van der Waals surface area contributed by atoms with Crippen LogP contribution in [0, 0.1) is 0 Å². The Morgan fingerprint density at radius 3 is 2.26 bits per heavy atom. The average molecular weight is 288 g/mol. The van der Waals surface area contributed by atoms with Gasteiger partial charge in [-0.05, 0) is 39.4 Å². The molecular weight excluding hydrogens is 254 g/mol. The molecule has 0 saturated carbocycles. The summed E-state index contributed by atoms with van der Waals surface area (Å²) >= 11 is 1.97. The predicted molar refractivity (Wildman–Crippen MR) is 87.7 cm³/mol. The van der Waals surface area contributed by atoms with Crippen LogP contribution in [0.4, 0.5) is 0 Å². The van der Waals surface area contributed by atoms with E-state index in [-0.39, 0.29) is 0 Å². The number of nitrogens with one attached hydrogen (secondary N) is 2. The zero-order chi connectivity index (χ0) is 13.8. The van der Waals surface area contributed by atoms with Crippen LogP contribution >= 0.6 is 11.9 Å². The number of likely N-dealkylation sites (tertiary alicyclic amines) is 1. The number of unbranched alkanes of at least 4 members (excludes halogenated alkanes) is 5. The predicted octanol–water partition coefficient (Wildman–Crippen LogP) is 2.88. The second kappa shape index (κ2) is 12.0. The van der Waals surface area contributed by atoms with Crippen molar-refractivity contribution in [2.75, 3.05) is 39.8 Å². The SMILES string of the molecule is CCCN1CC(SNCCCCCCCCNC)C1. The minimum Gasteiger partial charge on any atom is -0.320 e. The van der Waals surface area contributed by atoms with Crippen molar-refractivity contribution in [3.63, 3.8) is 0 Å². The fraction of sp³-hybridized carbons (Fsp3) is 1.00. The van der Waals surface area contributed by atoms with Crippen LogP contribution in [0.15, 0.2) is 0 Å². The summed E-state index contributed by atoms with van der Waals surface area (Å²) in [5.41, 5.74) is 0. The second-order valence-corrected chi connectivity index (χ2v) is 6.81. The molecule has 0 aromatic carbocycles. The van der Waals surface area contributed by atoms with Crippen LogP contribution in [-0.4, -0.2) is 49.9 Å². The number of hydrogen-bond acceptors (Lipinski definition) is 4. The van der Waals surface area contributed by atoms with Crippen molar-refractivity contribution in [3.8, 4) is 0 Å². The van der Waals surface area contributed by atoms with Gasteiger partial charge in [-0.1, -0.05) is 44.6 Å². The molecule has 1 aliphatic rings. The molecule has 0 aliphatic carbocycles. The van der Waals surface area contributed by atoms with Crippen molar-refractivity contribution >= 4 is 11.9 Å². The third kappa shape index (κ3) is 8.90. The van der Waals surface area contributed by atoms with E-state index in [9.17, 15) is 0 Å². The van der Waals surface area contributed by atoms with Crippen molar-refractivity contribution in [1.82, 2.24) is 14.9 Å². The number of rotatable bonds is 13. The van der Waals surface area contributed by atoms with Crippen LogP contribution < -0.4 is 10.0 Å². The second-order valence-electron chi connectivity index (χ2n) is 5.62. The fourth-order valence-corrected chi connectivity index (χ4v) is 3.55. The molecule has 0 aromatic rings. The molecule has 0 unspecified atom stereocenters. The van der Waals surface area contributed by atoms with Gasteiger partial charge in [-0.25, -0.2) is 0 Å². The highest BCUT2D eigenvalue weighted by atomic mass is 32.2. The van der Waals surface area contributed by atoms with Gasteiger partial charge >= 0.3 is 0 Å². The van der Waals surface area contributed by atoms with Gasteiger partial charge in [0.15, 0.2) is 0 Å². The maximum Gasteiger partial charge on any atom is 0.0447 e. The smallest absolute Gasteiger partial charge is 0.0447 e. The molecule has 2 N–H and O–H groups in total.